The fourth-order valence-electron chi connectivity index (χ4n) is 1.51. The number of anilines is 1. The summed E-state index contributed by atoms with van der Waals surface area (Å²) in [6.07, 6.45) is 1.46. The van der Waals surface area contributed by atoms with Gasteiger partial charge in [-0.1, -0.05) is 12.1 Å². The zero-order valence-corrected chi connectivity index (χ0v) is 13.2. The van der Waals surface area contributed by atoms with E-state index >= 15 is 0 Å². The SMILES string of the molecule is COc1nc(C)cnc1NS(=O)(=O)c1ccccc1Br. The lowest BCUT2D eigenvalue weighted by atomic mass is 10.4. The van der Waals surface area contributed by atoms with Gasteiger partial charge in [0.15, 0.2) is 0 Å². The van der Waals surface area contributed by atoms with E-state index in [1.165, 1.54) is 19.4 Å². The molecule has 0 aliphatic carbocycles. The Labute approximate surface area is 125 Å². The Morgan fingerprint density at radius 1 is 1.30 bits per heavy atom. The molecule has 0 aliphatic rings. The zero-order valence-electron chi connectivity index (χ0n) is 10.8. The Morgan fingerprint density at radius 3 is 2.65 bits per heavy atom. The number of rotatable bonds is 4. The Balaban J connectivity index is 2.41. The molecule has 1 heterocycles. The minimum Gasteiger partial charge on any atom is -0.478 e. The average molecular weight is 358 g/mol. The number of methoxy groups -OCH3 is 1. The normalized spacial score (nSPS) is 11.2. The van der Waals surface area contributed by atoms with E-state index in [0.717, 1.165) is 0 Å². The summed E-state index contributed by atoms with van der Waals surface area (Å²) >= 11 is 3.21. The summed E-state index contributed by atoms with van der Waals surface area (Å²) in [5.74, 6) is 0.175. The van der Waals surface area contributed by atoms with Crippen molar-refractivity contribution in [1.29, 1.82) is 0 Å². The first kappa shape index (κ1) is 14.7. The Morgan fingerprint density at radius 2 is 2.00 bits per heavy atom. The summed E-state index contributed by atoms with van der Waals surface area (Å²) in [4.78, 5) is 8.18. The van der Waals surface area contributed by atoms with Crippen molar-refractivity contribution < 1.29 is 13.2 Å². The molecule has 8 heteroatoms. The highest BCUT2D eigenvalue weighted by Crippen LogP contribution is 2.26. The van der Waals surface area contributed by atoms with Crippen LogP contribution in [0, 0.1) is 6.92 Å². The predicted octanol–water partition coefficient (Wildman–Crippen LogP) is 2.36. The van der Waals surface area contributed by atoms with Crippen LogP contribution in [0.15, 0.2) is 39.8 Å². The van der Waals surface area contributed by atoms with Gasteiger partial charge < -0.3 is 4.74 Å². The lowest BCUT2D eigenvalue weighted by Crippen LogP contribution is -2.15. The van der Waals surface area contributed by atoms with E-state index in [0.29, 0.717) is 10.2 Å². The van der Waals surface area contributed by atoms with Crippen molar-refractivity contribution in [1.82, 2.24) is 9.97 Å². The molecule has 0 fully saturated rings. The first-order valence-electron chi connectivity index (χ1n) is 5.59. The maximum atomic E-state index is 12.3. The lowest BCUT2D eigenvalue weighted by molar-refractivity contribution is 0.397. The van der Waals surface area contributed by atoms with Gasteiger partial charge in [0, 0.05) is 4.47 Å². The topological polar surface area (TPSA) is 81.2 Å². The third kappa shape index (κ3) is 3.07. The van der Waals surface area contributed by atoms with Crippen molar-refractivity contribution in [2.45, 2.75) is 11.8 Å². The molecule has 20 heavy (non-hydrogen) atoms. The van der Waals surface area contributed by atoms with E-state index in [1.807, 2.05) is 0 Å². The summed E-state index contributed by atoms with van der Waals surface area (Å²) in [7, 11) is -2.37. The Hall–Kier alpha value is -1.67. The first-order valence-corrected chi connectivity index (χ1v) is 7.86. The fourth-order valence-corrected chi connectivity index (χ4v) is 3.52. The van der Waals surface area contributed by atoms with Crippen LogP contribution in [0.4, 0.5) is 5.82 Å². The third-order valence-electron chi connectivity index (χ3n) is 2.41. The molecule has 0 saturated heterocycles. The van der Waals surface area contributed by atoms with E-state index in [2.05, 4.69) is 30.6 Å². The molecule has 0 bridgehead atoms. The summed E-state index contributed by atoms with van der Waals surface area (Å²) in [5, 5.41) is 0. The Kier molecular flexibility index (Phi) is 4.24. The highest BCUT2D eigenvalue weighted by molar-refractivity contribution is 9.10. The van der Waals surface area contributed by atoms with Crippen LogP contribution in [0.1, 0.15) is 5.69 Å². The van der Waals surface area contributed by atoms with Crippen molar-refractivity contribution in [3.8, 4) is 5.88 Å². The van der Waals surface area contributed by atoms with Crippen LogP contribution in [0.5, 0.6) is 5.88 Å². The molecular formula is C12H12BrN3O3S. The van der Waals surface area contributed by atoms with E-state index < -0.39 is 10.0 Å². The molecule has 0 aliphatic heterocycles. The van der Waals surface area contributed by atoms with Crippen LogP contribution in [0.2, 0.25) is 0 Å². The van der Waals surface area contributed by atoms with Gasteiger partial charge in [-0.25, -0.2) is 18.4 Å². The molecule has 6 nitrogen and oxygen atoms in total. The van der Waals surface area contributed by atoms with Gasteiger partial charge in [-0.2, -0.15) is 0 Å². The van der Waals surface area contributed by atoms with Gasteiger partial charge in [-0.15, -0.1) is 0 Å². The highest BCUT2D eigenvalue weighted by atomic mass is 79.9. The number of nitrogens with one attached hydrogen (secondary N) is 1. The quantitative estimate of drug-likeness (QED) is 0.908. The van der Waals surface area contributed by atoms with Gasteiger partial charge in [-0.3, -0.25) is 4.72 Å². The number of hydrogen-bond donors (Lipinski definition) is 1. The second-order valence-electron chi connectivity index (χ2n) is 3.91. The molecule has 0 saturated carbocycles. The van der Waals surface area contributed by atoms with E-state index in [4.69, 9.17) is 4.74 Å². The number of ether oxygens (including phenoxy) is 1. The van der Waals surface area contributed by atoms with Gasteiger partial charge in [0.05, 0.1) is 19.0 Å². The molecule has 1 N–H and O–H groups in total. The smallest absolute Gasteiger partial charge is 0.264 e. The molecule has 0 radical (unpaired) electrons. The van der Waals surface area contributed by atoms with E-state index in [9.17, 15) is 8.42 Å². The van der Waals surface area contributed by atoms with Crippen LogP contribution in [0.3, 0.4) is 0 Å². The van der Waals surface area contributed by atoms with Crippen LogP contribution in [0.25, 0.3) is 0 Å². The molecule has 0 unspecified atom stereocenters. The van der Waals surface area contributed by atoms with Crippen LogP contribution < -0.4 is 9.46 Å². The third-order valence-corrected chi connectivity index (χ3v) is 4.76. The molecule has 1 aromatic carbocycles. The summed E-state index contributed by atoms with van der Waals surface area (Å²) in [6, 6.07) is 6.50. The van der Waals surface area contributed by atoms with Crippen LogP contribution in [-0.4, -0.2) is 25.5 Å². The van der Waals surface area contributed by atoms with Crippen molar-refractivity contribution in [3.63, 3.8) is 0 Å². The predicted molar refractivity (Wildman–Crippen MR) is 78.3 cm³/mol. The second kappa shape index (κ2) is 5.76. The van der Waals surface area contributed by atoms with Crippen molar-refractivity contribution in [3.05, 3.63) is 40.6 Å². The minimum atomic E-state index is -3.77. The fraction of sp³-hybridized carbons (Fsp3) is 0.167. The number of nitrogens with zero attached hydrogens (tertiary/aromatic N) is 2. The monoisotopic (exact) mass is 357 g/mol. The van der Waals surface area contributed by atoms with Gasteiger partial charge in [0.2, 0.25) is 5.82 Å². The van der Waals surface area contributed by atoms with Crippen molar-refractivity contribution in [2.24, 2.45) is 0 Å². The summed E-state index contributed by atoms with van der Waals surface area (Å²) in [6.45, 7) is 1.74. The second-order valence-corrected chi connectivity index (χ2v) is 6.41. The standard InChI is InChI=1S/C12H12BrN3O3S/c1-8-7-14-11(12(15-8)19-2)16-20(17,18)10-6-4-3-5-9(10)13/h3-7H,1-2H3,(H,14,16). The number of benzene rings is 1. The van der Waals surface area contributed by atoms with Gasteiger partial charge in [0.1, 0.15) is 4.90 Å². The molecule has 0 atom stereocenters. The van der Waals surface area contributed by atoms with Gasteiger partial charge in [-0.05, 0) is 35.0 Å². The number of hydrogen-bond acceptors (Lipinski definition) is 5. The largest absolute Gasteiger partial charge is 0.478 e. The number of halogens is 1. The molecule has 0 amide bonds. The number of sulfonamides is 1. The number of aromatic nitrogens is 2. The van der Waals surface area contributed by atoms with Crippen molar-refractivity contribution >= 4 is 31.8 Å². The minimum absolute atomic E-state index is 0.0499. The number of aryl methyl sites for hydroxylation is 1. The average Bonchev–Trinajstić information content (AvgIpc) is 2.41. The van der Waals surface area contributed by atoms with E-state index in [1.54, 1.807) is 25.1 Å². The maximum Gasteiger partial charge on any atom is 0.264 e. The van der Waals surface area contributed by atoms with Gasteiger partial charge >= 0.3 is 0 Å². The molecule has 106 valence electrons. The summed E-state index contributed by atoms with van der Waals surface area (Å²) < 4.78 is 32.5. The van der Waals surface area contributed by atoms with Crippen molar-refractivity contribution in [2.75, 3.05) is 11.8 Å². The Bertz CT molecular complexity index is 734. The van der Waals surface area contributed by atoms with Gasteiger partial charge in [0.25, 0.3) is 15.9 Å². The molecule has 1 aromatic heterocycles. The van der Waals surface area contributed by atoms with E-state index in [-0.39, 0.29) is 16.6 Å². The molecule has 0 spiro atoms. The van der Waals surface area contributed by atoms with Crippen LogP contribution >= 0.6 is 15.9 Å². The summed E-state index contributed by atoms with van der Waals surface area (Å²) in [5.41, 5.74) is 0.630. The first-order chi connectivity index (χ1) is 9.44. The molecular weight excluding hydrogens is 346 g/mol. The van der Waals surface area contributed by atoms with Crippen LogP contribution in [-0.2, 0) is 10.0 Å². The molecule has 2 rings (SSSR count). The highest BCUT2D eigenvalue weighted by Gasteiger charge is 2.20. The maximum absolute atomic E-state index is 12.3. The lowest BCUT2D eigenvalue weighted by Gasteiger charge is -2.11. The zero-order chi connectivity index (χ0) is 14.8. The molecule has 2 aromatic rings.